The third kappa shape index (κ3) is 6.70. The van der Waals surface area contributed by atoms with Gasteiger partial charge in [-0.3, -0.25) is 14.3 Å². The number of amides is 2. The van der Waals surface area contributed by atoms with E-state index in [0.29, 0.717) is 17.0 Å². The summed E-state index contributed by atoms with van der Waals surface area (Å²) in [4.78, 5) is 27.2. The second-order valence-electron chi connectivity index (χ2n) is 8.69. The van der Waals surface area contributed by atoms with Gasteiger partial charge in [0.1, 0.15) is 5.69 Å². The summed E-state index contributed by atoms with van der Waals surface area (Å²) < 4.78 is 79.7. The summed E-state index contributed by atoms with van der Waals surface area (Å²) in [5.74, 6) is -0.998. The van der Waals surface area contributed by atoms with Crippen LogP contribution in [0, 0.1) is 6.92 Å². The topological polar surface area (TPSA) is 81.2 Å². The highest BCUT2D eigenvalue weighted by atomic mass is 35.5. The molecule has 0 saturated carbocycles. The SMILES string of the molecule is CSCC(C)N(C(=O)c1c(Cl)cccc1C(N)=O)c1ccc(Cn2nc(C(F)(F)F)cc2C(F)(F)F)cc1C. The number of anilines is 1. The maximum atomic E-state index is 13.8. The minimum Gasteiger partial charge on any atom is -0.366 e. The highest BCUT2D eigenvalue weighted by Crippen LogP contribution is 2.36. The van der Waals surface area contributed by atoms with Gasteiger partial charge in [0.05, 0.1) is 22.7 Å². The van der Waals surface area contributed by atoms with Gasteiger partial charge in [0, 0.05) is 23.5 Å². The summed E-state index contributed by atoms with van der Waals surface area (Å²) in [6, 6.07) is 8.14. The lowest BCUT2D eigenvalue weighted by Crippen LogP contribution is -2.41. The standard InChI is InChI=1S/C25H23ClF6N4O2S/c1-13-9-15(11-35-20(25(30,31)32)10-19(34-35)24(27,28)29)7-8-18(13)36(14(2)12-39-3)23(38)21-16(22(33)37)5-4-6-17(21)26/h4-10,14H,11-12H2,1-3H3,(H2,33,37). The van der Waals surface area contributed by atoms with Crippen LogP contribution in [-0.4, -0.2) is 39.6 Å². The molecule has 0 aliphatic rings. The van der Waals surface area contributed by atoms with Gasteiger partial charge in [-0.15, -0.1) is 0 Å². The normalized spacial score (nSPS) is 12.9. The Kier molecular flexibility index (Phi) is 8.95. The minimum atomic E-state index is -5.06. The molecule has 1 heterocycles. The summed E-state index contributed by atoms with van der Waals surface area (Å²) in [6.45, 7) is 2.76. The number of carbonyl (C=O) groups excluding carboxylic acids is 2. The van der Waals surface area contributed by atoms with E-state index in [1.807, 2.05) is 6.26 Å². The van der Waals surface area contributed by atoms with Crippen molar-refractivity contribution in [2.45, 2.75) is 38.8 Å². The minimum absolute atomic E-state index is 0.00533. The van der Waals surface area contributed by atoms with Gasteiger partial charge in [0.2, 0.25) is 5.91 Å². The van der Waals surface area contributed by atoms with E-state index in [4.69, 9.17) is 17.3 Å². The van der Waals surface area contributed by atoms with E-state index in [2.05, 4.69) is 5.10 Å². The van der Waals surface area contributed by atoms with Crippen molar-refractivity contribution in [2.24, 2.45) is 5.73 Å². The van der Waals surface area contributed by atoms with Crippen molar-refractivity contribution in [1.29, 1.82) is 0 Å². The van der Waals surface area contributed by atoms with Crippen LogP contribution in [-0.2, 0) is 18.9 Å². The van der Waals surface area contributed by atoms with Crippen LogP contribution in [0.2, 0.25) is 5.02 Å². The molecule has 39 heavy (non-hydrogen) atoms. The maximum absolute atomic E-state index is 13.8. The Morgan fingerprint density at radius 2 is 1.77 bits per heavy atom. The average Bonchev–Trinajstić information content (AvgIpc) is 3.25. The number of carbonyl (C=O) groups is 2. The van der Waals surface area contributed by atoms with Crippen LogP contribution in [0.25, 0.3) is 0 Å². The average molecular weight is 593 g/mol. The van der Waals surface area contributed by atoms with Gasteiger partial charge in [-0.05, 0) is 49.4 Å². The fourth-order valence-electron chi connectivity index (χ4n) is 4.09. The second-order valence-corrected chi connectivity index (χ2v) is 10.0. The van der Waals surface area contributed by atoms with Crippen molar-refractivity contribution in [1.82, 2.24) is 9.78 Å². The van der Waals surface area contributed by atoms with E-state index in [1.54, 1.807) is 13.8 Å². The molecule has 2 N–H and O–H groups in total. The first-order valence-electron chi connectivity index (χ1n) is 11.3. The molecule has 1 atom stereocenters. The van der Waals surface area contributed by atoms with Crippen molar-refractivity contribution >= 4 is 40.9 Å². The van der Waals surface area contributed by atoms with Gasteiger partial charge in [0.25, 0.3) is 5.91 Å². The molecule has 1 unspecified atom stereocenters. The molecule has 3 aromatic rings. The third-order valence-electron chi connectivity index (χ3n) is 5.77. The number of alkyl halides is 6. The van der Waals surface area contributed by atoms with Crippen LogP contribution in [0.5, 0.6) is 0 Å². The summed E-state index contributed by atoms with van der Waals surface area (Å²) >= 11 is 7.73. The Morgan fingerprint density at radius 3 is 2.31 bits per heavy atom. The molecular weight excluding hydrogens is 570 g/mol. The monoisotopic (exact) mass is 592 g/mol. The molecule has 0 radical (unpaired) electrons. The number of thioether (sulfide) groups is 1. The van der Waals surface area contributed by atoms with Gasteiger partial charge in [-0.2, -0.15) is 43.2 Å². The van der Waals surface area contributed by atoms with Gasteiger partial charge < -0.3 is 10.6 Å². The molecule has 0 fully saturated rings. The Hall–Kier alpha value is -3.19. The van der Waals surface area contributed by atoms with E-state index in [9.17, 15) is 35.9 Å². The number of nitrogens with zero attached hydrogens (tertiary/aromatic N) is 3. The lowest BCUT2D eigenvalue weighted by Gasteiger charge is -2.31. The smallest absolute Gasteiger partial charge is 0.366 e. The summed E-state index contributed by atoms with van der Waals surface area (Å²) in [7, 11) is 0. The third-order valence-corrected chi connectivity index (χ3v) is 6.91. The van der Waals surface area contributed by atoms with E-state index >= 15 is 0 Å². The molecule has 3 rings (SSSR count). The number of aromatic nitrogens is 2. The van der Waals surface area contributed by atoms with Crippen LogP contribution in [0.15, 0.2) is 42.5 Å². The molecule has 0 saturated heterocycles. The summed E-state index contributed by atoms with van der Waals surface area (Å²) in [5, 5.41) is 3.14. The zero-order valence-corrected chi connectivity index (χ0v) is 22.4. The molecule has 6 nitrogen and oxygen atoms in total. The van der Waals surface area contributed by atoms with Crippen molar-refractivity contribution in [3.05, 3.63) is 81.1 Å². The van der Waals surface area contributed by atoms with Crippen molar-refractivity contribution in [3.63, 3.8) is 0 Å². The van der Waals surface area contributed by atoms with E-state index < -0.39 is 48.1 Å². The second kappa shape index (κ2) is 11.5. The zero-order chi connectivity index (χ0) is 29.3. The van der Waals surface area contributed by atoms with E-state index in [1.165, 1.54) is 53.1 Å². The zero-order valence-electron chi connectivity index (χ0n) is 20.8. The Balaban J connectivity index is 2.06. The highest BCUT2D eigenvalue weighted by Gasteiger charge is 2.42. The van der Waals surface area contributed by atoms with E-state index in [0.717, 1.165) is 0 Å². The van der Waals surface area contributed by atoms with Gasteiger partial charge in [-0.1, -0.05) is 29.8 Å². The molecule has 210 valence electrons. The maximum Gasteiger partial charge on any atom is 0.435 e. The number of hydrogen-bond donors (Lipinski definition) is 1. The molecular formula is C25H23ClF6N4O2S. The Bertz CT molecular complexity index is 1390. The predicted octanol–water partition coefficient (Wildman–Crippen LogP) is 6.43. The summed E-state index contributed by atoms with van der Waals surface area (Å²) in [6.07, 6.45) is -8.28. The van der Waals surface area contributed by atoms with Crippen LogP contribution >= 0.6 is 23.4 Å². The largest absolute Gasteiger partial charge is 0.435 e. The number of benzene rings is 2. The predicted molar refractivity (Wildman–Crippen MR) is 137 cm³/mol. The molecule has 2 amide bonds. The number of aryl methyl sites for hydroxylation is 1. The molecule has 2 aromatic carbocycles. The van der Waals surface area contributed by atoms with Gasteiger partial charge >= 0.3 is 12.4 Å². The first kappa shape index (κ1) is 30.4. The van der Waals surface area contributed by atoms with E-state index in [-0.39, 0.29) is 32.5 Å². The van der Waals surface area contributed by atoms with Crippen molar-refractivity contribution < 1.29 is 35.9 Å². The highest BCUT2D eigenvalue weighted by molar-refractivity contribution is 7.98. The molecule has 0 aliphatic heterocycles. The number of rotatable bonds is 8. The lowest BCUT2D eigenvalue weighted by molar-refractivity contribution is -0.144. The Morgan fingerprint density at radius 1 is 1.10 bits per heavy atom. The fraction of sp³-hybridized carbons (Fsp3) is 0.320. The Labute approximate surface area is 229 Å². The van der Waals surface area contributed by atoms with Crippen LogP contribution < -0.4 is 10.6 Å². The number of nitrogens with two attached hydrogens (primary N) is 1. The van der Waals surface area contributed by atoms with Crippen LogP contribution in [0.3, 0.4) is 0 Å². The molecule has 0 spiro atoms. The van der Waals surface area contributed by atoms with Crippen LogP contribution in [0.1, 0.15) is 50.2 Å². The first-order valence-corrected chi connectivity index (χ1v) is 13.1. The van der Waals surface area contributed by atoms with Gasteiger partial charge in [-0.25, -0.2) is 0 Å². The fourth-order valence-corrected chi connectivity index (χ4v) is 4.98. The van der Waals surface area contributed by atoms with Gasteiger partial charge in [0.15, 0.2) is 5.69 Å². The molecule has 0 bridgehead atoms. The number of hydrogen-bond acceptors (Lipinski definition) is 4. The molecule has 0 aliphatic carbocycles. The van der Waals surface area contributed by atoms with Crippen molar-refractivity contribution in [3.8, 4) is 0 Å². The van der Waals surface area contributed by atoms with Crippen LogP contribution in [0.4, 0.5) is 32.0 Å². The number of primary amides is 1. The lowest BCUT2D eigenvalue weighted by atomic mass is 10.0. The molecule has 14 heteroatoms. The molecule has 1 aromatic heterocycles. The first-order chi connectivity index (χ1) is 18.1. The summed E-state index contributed by atoms with van der Waals surface area (Å²) in [5.41, 5.74) is 3.11. The van der Waals surface area contributed by atoms with Crippen molar-refractivity contribution in [2.75, 3.05) is 16.9 Å². The number of halogens is 7. The quantitative estimate of drug-likeness (QED) is 0.306.